The molecular weight excluding hydrogens is 310 g/mol. The Morgan fingerprint density at radius 2 is 2.00 bits per heavy atom. The van der Waals surface area contributed by atoms with E-state index in [1.807, 2.05) is 49.6 Å². The molecule has 0 bridgehead atoms. The summed E-state index contributed by atoms with van der Waals surface area (Å²) >= 11 is 6.00. The number of nitrogens with one attached hydrogen (secondary N) is 1. The van der Waals surface area contributed by atoms with Crippen molar-refractivity contribution < 1.29 is 4.74 Å². The lowest BCUT2D eigenvalue weighted by molar-refractivity contribution is 0.414. The number of aryl methyl sites for hydroxylation is 1. The summed E-state index contributed by atoms with van der Waals surface area (Å²) < 4.78 is 7.51. The zero-order valence-corrected chi connectivity index (χ0v) is 14.1. The van der Waals surface area contributed by atoms with Crippen molar-refractivity contribution in [1.82, 2.24) is 14.7 Å². The van der Waals surface area contributed by atoms with E-state index in [1.165, 1.54) is 0 Å². The van der Waals surface area contributed by atoms with Crippen molar-refractivity contribution in [2.75, 3.05) is 20.7 Å². The van der Waals surface area contributed by atoms with Gasteiger partial charge in [0.15, 0.2) is 0 Å². The van der Waals surface area contributed by atoms with Crippen molar-refractivity contribution in [3.63, 3.8) is 0 Å². The first-order valence-electron chi connectivity index (χ1n) is 7.68. The van der Waals surface area contributed by atoms with Gasteiger partial charge in [0.05, 0.1) is 18.3 Å². The van der Waals surface area contributed by atoms with Crippen molar-refractivity contribution in [3.05, 3.63) is 53.4 Å². The summed E-state index contributed by atoms with van der Waals surface area (Å²) in [5.41, 5.74) is 3.06. The lowest BCUT2D eigenvalue weighted by Crippen LogP contribution is -2.09. The number of rotatable bonds is 6. The fourth-order valence-electron chi connectivity index (χ4n) is 2.68. The summed E-state index contributed by atoms with van der Waals surface area (Å²) in [5, 5.41) is 3.90. The third-order valence-electron chi connectivity index (χ3n) is 3.87. The molecule has 1 aromatic carbocycles. The molecule has 0 aliphatic heterocycles. The topological polar surface area (TPSA) is 38.6 Å². The average Bonchev–Trinajstić information content (AvgIpc) is 2.94. The second-order valence-corrected chi connectivity index (χ2v) is 5.85. The van der Waals surface area contributed by atoms with Crippen molar-refractivity contribution in [1.29, 1.82) is 0 Å². The molecule has 5 heteroatoms. The van der Waals surface area contributed by atoms with Crippen LogP contribution in [0.5, 0.6) is 5.75 Å². The normalized spacial score (nSPS) is 11.1. The maximum Gasteiger partial charge on any atom is 0.122 e. The number of fused-ring (bicyclic) bond motifs is 1. The Kier molecular flexibility index (Phi) is 4.84. The minimum absolute atomic E-state index is 0.726. The van der Waals surface area contributed by atoms with Gasteiger partial charge in [-0.2, -0.15) is 0 Å². The molecule has 2 heterocycles. The Bertz CT molecular complexity index is 796. The quantitative estimate of drug-likeness (QED) is 0.699. The summed E-state index contributed by atoms with van der Waals surface area (Å²) in [6.07, 6.45) is 3.99. The molecule has 0 saturated heterocycles. The standard InChI is InChI=1S/C18H20ClN3O/c1-20-10-3-4-17-21-18(13-5-7-14(19)8-6-13)16-12-15(23-2)9-11-22(16)17/h5-9,11-12,20H,3-4,10H2,1-2H3. The lowest BCUT2D eigenvalue weighted by atomic mass is 10.1. The second kappa shape index (κ2) is 7.02. The highest BCUT2D eigenvalue weighted by molar-refractivity contribution is 6.30. The van der Waals surface area contributed by atoms with E-state index in [1.54, 1.807) is 7.11 Å². The highest BCUT2D eigenvalue weighted by Gasteiger charge is 2.13. The van der Waals surface area contributed by atoms with Crippen molar-refractivity contribution in [3.8, 4) is 17.0 Å². The van der Waals surface area contributed by atoms with Crippen LogP contribution in [0.25, 0.3) is 16.8 Å². The van der Waals surface area contributed by atoms with Crippen LogP contribution < -0.4 is 10.1 Å². The molecule has 23 heavy (non-hydrogen) atoms. The molecule has 3 aromatic rings. The summed E-state index contributed by atoms with van der Waals surface area (Å²) in [7, 11) is 3.64. The van der Waals surface area contributed by atoms with Gasteiger partial charge in [0, 0.05) is 29.3 Å². The van der Waals surface area contributed by atoms with Crippen LogP contribution in [0.1, 0.15) is 12.2 Å². The Balaban J connectivity index is 2.09. The van der Waals surface area contributed by atoms with Crippen LogP contribution in [0, 0.1) is 0 Å². The molecule has 120 valence electrons. The first-order valence-corrected chi connectivity index (χ1v) is 8.06. The third-order valence-corrected chi connectivity index (χ3v) is 4.12. The van der Waals surface area contributed by atoms with E-state index in [0.717, 1.165) is 52.8 Å². The Morgan fingerprint density at radius 1 is 1.22 bits per heavy atom. The van der Waals surface area contributed by atoms with Crippen LogP contribution in [-0.2, 0) is 6.42 Å². The molecule has 0 amide bonds. The number of hydrogen-bond acceptors (Lipinski definition) is 3. The largest absolute Gasteiger partial charge is 0.497 e. The molecule has 0 aliphatic carbocycles. The van der Waals surface area contributed by atoms with Crippen LogP contribution >= 0.6 is 11.6 Å². The van der Waals surface area contributed by atoms with Crippen molar-refractivity contribution in [2.24, 2.45) is 0 Å². The first-order chi connectivity index (χ1) is 11.2. The Morgan fingerprint density at radius 3 is 2.70 bits per heavy atom. The van der Waals surface area contributed by atoms with Crippen molar-refractivity contribution in [2.45, 2.75) is 12.8 Å². The molecule has 4 nitrogen and oxygen atoms in total. The summed E-state index contributed by atoms with van der Waals surface area (Å²) in [6.45, 7) is 0.974. The molecule has 0 aliphatic rings. The molecule has 3 rings (SSSR count). The van der Waals surface area contributed by atoms with Crippen LogP contribution in [0.3, 0.4) is 0 Å². The summed E-state index contributed by atoms with van der Waals surface area (Å²) in [6, 6.07) is 11.8. The number of benzene rings is 1. The minimum Gasteiger partial charge on any atom is -0.497 e. The molecule has 0 unspecified atom stereocenters. The Hall–Kier alpha value is -2.04. The number of imidazole rings is 1. The molecule has 1 N–H and O–H groups in total. The smallest absolute Gasteiger partial charge is 0.122 e. The number of aromatic nitrogens is 2. The van der Waals surface area contributed by atoms with Gasteiger partial charge < -0.3 is 14.5 Å². The third kappa shape index (κ3) is 3.33. The molecule has 0 spiro atoms. The highest BCUT2D eigenvalue weighted by atomic mass is 35.5. The molecule has 0 saturated carbocycles. The maximum absolute atomic E-state index is 6.00. The van der Waals surface area contributed by atoms with Gasteiger partial charge in [-0.3, -0.25) is 0 Å². The monoisotopic (exact) mass is 329 g/mol. The molecule has 0 fully saturated rings. The zero-order valence-electron chi connectivity index (χ0n) is 13.3. The number of pyridine rings is 1. The van der Waals surface area contributed by atoms with E-state index in [2.05, 4.69) is 9.72 Å². The van der Waals surface area contributed by atoms with Crippen LogP contribution in [0.4, 0.5) is 0 Å². The molecule has 2 aromatic heterocycles. The van der Waals surface area contributed by atoms with Gasteiger partial charge >= 0.3 is 0 Å². The van der Waals surface area contributed by atoms with E-state index >= 15 is 0 Å². The number of hydrogen-bond donors (Lipinski definition) is 1. The zero-order chi connectivity index (χ0) is 16.2. The van der Waals surface area contributed by atoms with E-state index in [9.17, 15) is 0 Å². The first kappa shape index (κ1) is 15.8. The minimum atomic E-state index is 0.726. The maximum atomic E-state index is 6.00. The SMILES string of the molecule is CNCCCc1nc(-c2ccc(Cl)cc2)c2cc(OC)ccn12. The van der Waals surface area contributed by atoms with Gasteiger partial charge in [0.2, 0.25) is 0 Å². The van der Waals surface area contributed by atoms with Crippen LogP contribution in [0.2, 0.25) is 5.02 Å². The summed E-state index contributed by atoms with van der Waals surface area (Å²) in [5.74, 6) is 1.89. The number of ether oxygens (including phenoxy) is 1. The predicted octanol–water partition coefficient (Wildman–Crippen LogP) is 3.82. The van der Waals surface area contributed by atoms with Gasteiger partial charge in [-0.25, -0.2) is 4.98 Å². The molecule has 0 atom stereocenters. The lowest BCUT2D eigenvalue weighted by Gasteiger charge is -2.04. The number of halogens is 1. The number of nitrogens with zero attached hydrogens (tertiary/aromatic N) is 2. The van der Waals surface area contributed by atoms with Crippen LogP contribution in [0.15, 0.2) is 42.6 Å². The molecule has 0 radical (unpaired) electrons. The van der Waals surface area contributed by atoms with Crippen molar-refractivity contribution >= 4 is 17.1 Å². The van der Waals surface area contributed by atoms with Gasteiger partial charge in [0.25, 0.3) is 0 Å². The average molecular weight is 330 g/mol. The fraction of sp³-hybridized carbons (Fsp3) is 0.278. The second-order valence-electron chi connectivity index (χ2n) is 5.41. The number of methoxy groups -OCH3 is 1. The predicted molar refractivity (Wildman–Crippen MR) is 94.4 cm³/mol. The Labute approximate surface area is 141 Å². The van der Waals surface area contributed by atoms with Gasteiger partial charge in [-0.15, -0.1) is 0 Å². The van der Waals surface area contributed by atoms with E-state index in [4.69, 9.17) is 21.3 Å². The van der Waals surface area contributed by atoms with Gasteiger partial charge in [0.1, 0.15) is 11.6 Å². The summed E-state index contributed by atoms with van der Waals surface area (Å²) in [4.78, 5) is 4.87. The highest BCUT2D eigenvalue weighted by Crippen LogP contribution is 2.29. The van der Waals surface area contributed by atoms with Crippen LogP contribution in [-0.4, -0.2) is 30.1 Å². The van der Waals surface area contributed by atoms with E-state index < -0.39 is 0 Å². The van der Waals surface area contributed by atoms with Gasteiger partial charge in [-0.1, -0.05) is 23.7 Å². The molecular formula is C18H20ClN3O. The van der Waals surface area contributed by atoms with Gasteiger partial charge in [-0.05, 0) is 38.2 Å². The van der Waals surface area contributed by atoms with E-state index in [-0.39, 0.29) is 0 Å². The fourth-order valence-corrected chi connectivity index (χ4v) is 2.80. The van der Waals surface area contributed by atoms with E-state index in [0.29, 0.717) is 0 Å².